The van der Waals surface area contributed by atoms with Crippen molar-refractivity contribution < 1.29 is 14.3 Å². The summed E-state index contributed by atoms with van der Waals surface area (Å²) in [5.41, 5.74) is 2.54. The van der Waals surface area contributed by atoms with Gasteiger partial charge in [0.25, 0.3) is 0 Å². The SMILES string of the molecule is COC(=O)c1ccccc1Cn1ccnc1Cc1ccccc1OC. The molecule has 2 aromatic carbocycles. The number of carbonyl (C=O) groups excluding carboxylic acids is 1. The second-order valence-corrected chi connectivity index (χ2v) is 5.61. The number of benzene rings is 2. The van der Waals surface area contributed by atoms with Gasteiger partial charge in [0.2, 0.25) is 0 Å². The zero-order valence-electron chi connectivity index (χ0n) is 14.3. The molecule has 0 saturated heterocycles. The number of nitrogens with zero attached hydrogens (tertiary/aromatic N) is 2. The van der Waals surface area contributed by atoms with Gasteiger partial charge in [0.15, 0.2) is 0 Å². The first-order valence-corrected chi connectivity index (χ1v) is 8.01. The van der Waals surface area contributed by atoms with Crippen molar-refractivity contribution in [1.82, 2.24) is 9.55 Å². The maximum Gasteiger partial charge on any atom is 0.338 e. The summed E-state index contributed by atoms with van der Waals surface area (Å²) in [4.78, 5) is 16.4. The molecule has 0 aliphatic rings. The van der Waals surface area contributed by atoms with Crippen molar-refractivity contribution in [3.8, 4) is 5.75 Å². The molecule has 0 N–H and O–H groups in total. The predicted molar refractivity (Wildman–Crippen MR) is 94.9 cm³/mol. The molecule has 3 rings (SSSR count). The molecule has 0 radical (unpaired) electrons. The highest BCUT2D eigenvalue weighted by molar-refractivity contribution is 5.90. The van der Waals surface area contributed by atoms with Gasteiger partial charge in [-0.25, -0.2) is 9.78 Å². The normalized spacial score (nSPS) is 10.5. The molecule has 1 heterocycles. The highest BCUT2D eigenvalue weighted by Gasteiger charge is 2.13. The molecule has 0 atom stereocenters. The number of esters is 1. The summed E-state index contributed by atoms with van der Waals surface area (Å²) in [5.74, 6) is 1.41. The van der Waals surface area contributed by atoms with Gasteiger partial charge in [0.1, 0.15) is 11.6 Å². The van der Waals surface area contributed by atoms with Crippen LogP contribution in [0.15, 0.2) is 60.9 Å². The van der Waals surface area contributed by atoms with Gasteiger partial charge in [0.05, 0.1) is 19.8 Å². The Morgan fingerprint density at radius 1 is 1.04 bits per heavy atom. The maximum absolute atomic E-state index is 12.0. The number of imidazole rings is 1. The van der Waals surface area contributed by atoms with E-state index in [1.807, 2.05) is 53.2 Å². The summed E-state index contributed by atoms with van der Waals surface area (Å²) in [6.07, 6.45) is 4.34. The Hall–Kier alpha value is -3.08. The average Bonchev–Trinajstić information content (AvgIpc) is 3.08. The fourth-order valence-corrected chi connectivity index (χ4v) is 2.82. The predicted octanol–water partition coefficient (Wildman–Crippen LogP) is 3.32. The molecule has 0 bridgehead atoms. The Morgan fingerprint density at radius 2 is 1.76 bits per heavy atom. The van der Waals surface area contributed by atoms with E-state index < -0.39 is 0 Å². The van der Waals surface area contributed by atoms with E-state index in [-0.39, 0.29) is 5.97 Å². The number of para-hydroxylation sites is 1. The van der Waals surface area contributed by atoms with E-state index >= 15 is 0 Å². The molecule has 3 aromatic rings. The number of aromatic nitrogens is 2. The molecule has 5 heteroatoms. The Bertz CT molecular complexity index is 871. The van der Waals surface area contributed by atoms with Crippen LogP contribution in [0.1, 0.15) is 27.3 Å². The van der Waals surface area contributed by atoms with Crippen LogP contribution in [0, 0.1) is 0 Å². The fraction of sp³-hybridized carbons (Fsp3) is 0.200. The number of methoxy groups -OCH3 is 2. The van der Waals surface area contributed by atoms with Crippen LogP contribution in [-0.2, 0) is 17.7 Å². The fourth-order valence-electron chi connectivity index (χ4n) is 2.82. The van der Waals surface area contributed by atoms with Crippen LogP contribution in [0.3, 0.4) is 0 Å². The second kappa shape index (κ2) is 7.66. The third kappa shape index (κ3) is 3.71. The summed E-state index contributed by atoms with van der Waals surface area (Å²) in [6.45, 7) is 0.551. The molecule has 0 spiro atoms. The molecule has 0 aliphatic carbocycles. The van der Waals surface area contributed by atoms with Gasteiger partial charge in [-0.15, -0.1) is 0 Å². The maximum atomic E-state index is 12.0. The van der Waals surface area contributed by atoms with Crippen LogP contribution in [0.5, 0.6) is 5.75 Å². The van der Waals surface area contributed by atoms with Gasteiger partial charge in [-0.2, -0.15) is 0 Å². The lowest BCUT2D eigenvalue weighted by atomic mass is 10.1. The second-order valence-electron chi connectivity index (χ2n) is 5.61. The number of ether oxygens (including phenoxy) is 2. The standard InChI is InChI=1S/C20H20N2O3/c1-24-18-10-6-4-7-15(18)13-19-21-11-12-22(19)14-16-8-3-5-9-17(16)20(23)25-2/h3-12H,13-14H2,1-2H3. The highest BCUT2D eigenvalue weighted by Crippen LogP contribution is 2.21. The van der Waals surface area contributed by atoms with E-state index in [1.165, 1.54) is 7.11 Å². The Balaban J connectivity index is 1.87. The van der Waals surface area contributed by atoms with Crippen LogP contribution in [0.4, 0.5) is 0 Å². The third-order valence-electron chi connectivity index (χ3n) is 4.11. The number of hydrogen-bond donors (Lipinski definition) is 0. The number of hydrogen-bond acceptors (Lipinski definition) is 4. The van der Waals surface area contributed by atoms with Crippen molar-refractivity contribution in [1.29, 1.82) is 0 Å². The summed E-state index contributed by atoms with van der Waals surface area (Å²) in [5, 5.41) is 0. The lowest BCUT2D eigenvalue weighted by molar-refractivity contribution is 0.0599. The Morgan fingerprint density at radius 3 is 2.52 bits per heavy atom. The van der Waals surface area contributed by atoms with Crippen molar-refractivity contribution >= 4 is 5.97 Å². The first kappa shape index (κ1) is 16.8. The van der Waals surface area contributed by atoms with E-state index in [0.29, 0.717) is 18.5 Å². The van der Waals surface area contributed by atoms with Crippen LogP contribution >= 0.6 is 0 Å². The molecule has 0 fully saturated rings. The van der Waals surface area contributed by atoms with Gasteiger partial charge < -0.3 is 14.0 Å². The minimum atomic E-state index is -0.331. The van der Waals surface area contributed by atoms with E-state index in [4.69, 9.17) is 9.47 Å². The minimum Gasteiger partial charge on any atom is -0.496 e. The molecule has 0 aliphatic heterocycles. The van der Waals surface area contributed by atoms with Crippen LogP contribution < -0.4 is 4.74 Å². The molecule has 128 valence electrons. The van der Waals surface area contributed by atoms with Crippen molar-refractivity contribution in [2.45, 2.75) is 13.0 Å². The molecular weight excluding hydrogens is 316 g/mol. The monoisotopic (exact) mass is 336 g/mol. The Labute approximate surface area is 146 Å². The lowest BCUT2D eigenvalue weighted by Gasteiger charge is -2.12. The smallest absolute Gasteiger partial charge is 0.338 e. The zero-order chi connectivity index (χ0) is 17.6. The number of rotatable bonds is 6. The van der Waals surface area contributed by atoms with Crippen LogP contribution in [-0.4, -0.2) is 29.7 Å². The average molecular weight is 336 g/mol. The van der Waals surface area contributed by atoms with Crippen molar-refractivity contribution in [2.75, 3.05) is 14.2 Å². The Kier molecular flexibility index (Phi) is 5.14. The van der Waals surface area contributed by atoms with Gasteiger partial charge >= 0.3 is 5.97 Å². The summed E-state index contributed by atoms with van der Waals surface area (Å²) in [7, 11) is 3.06. The van der Waals surface area contributed by atoms with Gasteiger partial charge in [0, 0.05) is 30.9 Å². The van der Waals surface area contributed by atoms with E-state index in [1.54, 1.807) is 19.4 Å². The van der Waals surface area contributed by atoms with Crippen molar-refractivity contribution in [2.24, 2.45) is 0 Å². The van der Waals surface area contributed by atoms with E-state index in [9.17, 15) is 4.79 Å². The zero-order valence-corrected chi connectivity index (χ0v) is 14.3. The third-order valence-corrected chi connectivity index (χ3v) is 4.11. The molecule has 1 aromatic heterocycles. The molecular formula is C20H20N2O3. The summed E-state index contributed by atoms with van der Waals surface area (Å²) >= 11 is 0. The molecule has 25 heavy (non-hydrogen) atoms. The summed E-state index contributed by atoms with van der Waals surface area (Å²) in [6, 6.07) is 15.4. The van der Waals surface area contributed by atoms with Crippen molar-refractivity contribution in [3.63, 3.8) is 0 Å². The highest BCUT2D eigenvalue weighted by atomic mass is 16.5. The molecule has 0 saturated carbocycles. The number of carbonyl (C=O) groups is 1. The first-order valence-electron chi connectivity index (χ1n) is 8.01. The van der Waals surface area contributed by atoms with Crippen LogP contribution in [0.25, 0.3) is 0 Å². The summed E-state index contributed by atoms with van der Waals surface area (Å²) < 4.78 is 12.3. The van der Waals surface area contributed by atoms with Gasteiger partial charge in [-0.3, -0.25) is 0 Å². The minimum absolute atomic E-state index is 0.331. The largest absolute Gasteiger partial charge is 0.496 e. The van der Waals surface area contributed by atoms with Gasteiger partial charge in [-0.1, -0.05) is 36.4 Å². The first-order chi connectivity index (χ1) is 12.2. The molecule has 5 nitrogen and oxygen atoms in total. The van der Waals surface area contributed by atoms with Crippen LogP contribution in [0.2, 0.25) is 0 Å². The molecule has 0 unspecified atom stereocenters. The van der Waals surface area contributed by atoms with E-state index in [0.717, 1.165) is 22.7 Å². The quantitative estimate of drug-likeness (QED) is 0.648. The lowest BCUT2D eigenvalue weighted by Crippen LogP contribution is -2.11. The van der Waals surface area contributed by atoms with Crippen molar-refractivity contribution in [3.05, 3.63) is 83.4 Å². The van der Waals surface area contributed by atoms with E-state index in [2.05, 4.69) is 4.98 Å². The topological polar surface area (TPSA) is 53.4 Å². The molecule has 0 amide bonds. The van der Waals surface area contributed by atoms with Gasteiger partial charge in [-0.05, 0) is 17.7 Å².